The Morgan fingerprint density at radius 2 is 1.93 bits per heavy atom. The number of hydrogen-bond acceptors (Lipinski definition) is 3. The number of nitrogens with two attached hydrogens (primary N) is 1. The summed E-state index contributed by atoms with van der Waals surface area (Å²) < 4.78 is 10.4. The van der Waals surface area contributed by atoms with E-state index in [0.717, 1.165) is 23.3 Å². The van der Waals surface area contributed by atoms with Crippen LogP contribution in [-0.4, -0.2) is 20.8 Å². The first-order valence-corrected chi connectivity index (χ1v) is 5.15. The summed E-state index contributed by atoms with van der Waals surface area (Å²) in [5.74, 6) is 0.826. The van der Waals surface area contributed by atoms with Crippen LogP contribution < -0.4 is 10.5 Å². The van der Waals surface area contributed by atoms with Crippen LogP contribution >= 0.6 is 11.6 Å². The molecule has 3 nitrogen and oxygen atoms in total. The topological polar surface area (TPSA) is 44.5 Å². The van der Waals surface area contributed by atoms with Crippen molar-refractivity contribution in [3.05, 3.63) is 28.3 Å². The zero-order chi connectivity index (χ0) is 11.3. The van der Waals surface area contributed by atoms with E-state index >= 15 is 0 Å². The van der Waals surface area contributed by atoms with Crippen LogP contribution in [0.5, 0.6) is 5.75 Å². The molecule has 0 radical (unpaired) electrons. The fourth-order valence-corrected chi connectivity index (χ4v) is 1.84. The van der Waals surface area contributed by atoms with Crippen molar-refractivity contribution < 1.29 is 9.47 Å². The lowest BCUT2D eigenvalue weighted by molar-refractivity contribution is 0.181. The summed E-state index contributed by atoms with van der Waals surface area (Å²) in [6.07, 6.45) is 0.750. The first kappa shape index (κ1) is 12.3. The van der Waals surface area contributed by atoms with Gasteiger partial charge in [-0.05, 0) is 30.7 Å². The Balaban J connectivity index is 3.12. The Labute approximate surface area is 95.1 Å². The van der Waals surface area contributed by atoms with Crippen molar-refractivity contribution in [1.29, 1.82) is 0 Å². The molecular formula is C11H16ClNO2. The van der Waals surface area contributed by atoms with E-state index in [1.807, 2.05) is 12.1 Å². The molecule has 0 spiro atoms. The average molecular weight is 230 g/mol. The van der Waals surface area contributed by atoms with Gasteiger partial charge in [-0.1, -0.05) is 11.6 Å². The van der Waals surface area contributed by atoms with Gasteiger partial charge in [-0.25, -0.2) is 0 Å². The molecule has 0 heterocycles. The highest BCUT2D eigenvalue weighted by molar-refractivity contribution is 6.30. The van der Waals surface area contributed by atoms with Gasteiger partial charge in [0.1, 0.15) is 5.75 Å². The predicted molar refractivity (Wildman–Crippen MR) is 61.5 cm³/mol. The van der Waals surface area contributed by atoms with Crippen molar-refractivity contribution in [3.63, 3.8) is 0 Å². The molecule has 0 aromatic heterocycles. The van der Waals surface area contributed by atoms with Gasteiger partial charge in [-0.15, -0.1) is 0 Å². The zero-order valence-electron chi connectivity index (χ0n) is 9.05. The van der Waals surface area contributed by atoms with Gasteiger partial charge in [-0.2, -0.15) is 0 Å². The van der Waals surface area contributed by atoms with Crippen LogP contribution in [0.1, 0.15) is 11.1 Å². The average Bonchev–Trinajstić information content (AvgIpc) is 2.18. The molecule has 0 atom stereocenters. The number of hydrogen-bond donors (Lipinski definition) is 1. The molecule has 0 aliphatic carbocycles. The first-order chi connectivity index (χ1) is 7.22. The summed E-state index contributed by atoms with van der Waals surface area (Å²) in [5, 5.41) is 0.686. The van der Waals surface area contributed by atoms with Crippen LogP contribution in [-0.2, 0) is 17.8 Å². The summed E-state index contributed by atoms with van der Waals surface area (Å²) >= 11 is 6.00. The summed E-state index contributed by atoms with van der Waals surface area (Å²) in [4.78, 5) is 0. The van der Waals surface area contributed by atoms with Gasteiger partial charge in [0.05, 0.1) is 13.7 Å². The minimum absolute atomic E-state index is 0.487. The third kappa shape index (κ3) is 3.09. The van der Waals surface area contributed by atoms with Crippen LogP contribution in [0, 0.1) is 0 Å². The number of ether oxygens (including phenoxy) is 2. The SMILES string of the molecule is COCc1cc(Cl)cc(CCN)c1OC. The third-order valence-corrected chi connectivity index (χ3v) is 2.34. The van der Waals surface area contributed by atoms with Crippen molar-refractivity contribution in [2.75, 3.05) is 20.8 Å². The van der Waals surface area contributed by atoms with E-state index in [2.05, 4.69) is 0 Å². The van der Waals surface area contributed by atoms with Crippen molar-refractivity contribution in [2.45, 2.75) is 13.0 Å². The minimum atomic E-state index is 0.487. The molecule has 0 saturated carbocycles. The maximum absolute atomic E-state index is 6.00. The number of rotatable bonds is 5. The van der Waals surface area contributed by atoms with Crippen LogP contribution in [0.15, 0.2) is 12.1 Å². The van der Waals surface area contributed by atoms with Crippen LogP contribution in [0.3, 0.4) is 0 Å². The largest absolute Gasteiger partial charge is 0.496 e. The van der Waals surface area contributed by atoms with E-state index in [1.165, 1.54) is 0 Å². The van der Waals surface area contributed by atoms with Gasteiger partial charge in [0.2, 0.25) is 0 Å². The third-order valence-electron chi connectivity index (χ3n) is 2.13. The minimum Gasteiger partial charge on any atom is -0.496 e. The molecule has 2 N–H and O–H groups in total. The zero-order valence-corrected chi connectivity index (χ0v) is 9.80. The highest BCUT2D eigenvalue weighted by atomic mass is 35.5. The summed E-state index contributed by atoms with van der Waals surface area (Å²) in [5.41, 5.74) is 7.51. The molecule has 1 aromatic carbocycles. The molecule has 0 bridgehead atoms. The highest BCUT2D eigenvalue weighted by Crippen LogP contribution is 2.29. The van der Waals surface area contributed by atoms with Gasteiger partial charge in [0.15, 0.2) is 0 Å². The van der Waals surface area contributed by atoms with E-state index in [9.17, 15) is 0 Å². The van der Waals surface area contributed by atoms with E-state index in [-0.39, 0.29) is 0 Å². The molecule has 0 amide bonds. The second kappa shape index (κ2) is 5.95. The first-order valence-electron chi connectivity index (χ1n) is 4.77. The fraction of sp³-hybridized carbons (Fsp3) is 0.455. The Kier molecular flexibility index (Phi) is 4.88. The summed E-state index contributed by atoms with van der Waals surface area (Å²) in [6, 6.07) is 3.73. The Morgan fingerprint density at radius 1 is 1.27 bits per heavy atom. The fourth-order valence-electron chi connectivity index (χ4n) is 1.58. The summed E-state index contributed by atoms with van der Waals surface area (Å²) in [6.45, 7) is 1.06. The lowest BCUT2D eigenvalue weighted by Crippen LogP contribution is -2.06. The lowest BCUT2D eigenvalue weighted by Gasteiger charge is -2.13. The van der Waals surface area contributed by atoms with Crippen molar-refractivity contribution in [2.24, 2.45) is 5.73 Å². The van der Waals surface area contributed by atoms with Crippen molar-refractivity contribution in [1.82, 2.24) is 0 Å². The standard InChI is InChI=1S/C11H16ClNO2/c1-14-7-9-6-10(12)5-8(3-4-13)11(9)15-2/h5-6H,3-4,7,13H2,1-2H3. The molecule has 0 saturated heterocycles. The van der Waals surface area contributed by atoms with Gasteiger partial charge < -0.3 is 15.2 Å². The molecule has 0 fully saturated rings. The molecule has 15 heavy (non-hydrogen) atoms. The van der Waals surface area contributed by atoms with Crippen molar-refractivity contribution >= 4 is 11.6 Å². The second-order valence-corrected chi connectivity index (χ2v) is 3.67. The number of halogens is 1. The maximum atomic E-state index is 6.00. The Morgan fingerprint density at radius 3 is 2.47 bits per heavy atom. The van der Waals surface area contributed by atoms with E-state index in [4.69, 9.17) is 26.8 Å². The van der Waals surface area contributed by atoms with Crippen LogP contribution in [0.25, 0.3) is 0 Å². The van der Waals surface area contributed by atoms with Gasteiger partial charge in [0.25, 0.3) is 0 Å². The van der Waals surface area contributed by atoms with Gasteiger partial charge in [-0.3, -0.25) is 0 Å². The van der Waals surface area contributed by atoms with Gasteiger partial charge >= 0.3 is 0 Å². The summed E-state index contributed by atoms with van der Waals surface area (Å²) in [7, 11) is 3.28. The molecule has 1 rings (SSSR count). The quantitative estimate of drug-likeness (QED) is 0.840. The molecule has 84 valence electrons. The maximum Gasteiger partial charge on any atom is 0.127 e. The smallest absolute Gasteiger partial charge is 0.127 e. The van der Waals surface area contributed by atoms with E-state index in [0.29, 0.717) is 18.2 Å². The monoisotopic (exact) mass is 229 g/mol. The number of methoxy groups -OCH3 is 2. The Bertz CT molecular complexity index is 301. The lowest BCUT2D eigenvalue weighted by atomic mass is 10.1. The molecule has 0 aliphatic heterocycles. The van der Waals surface area contributed by atoms with Gasteiger partial charge in [0, 0.05) is 17.7 Å². The normalized spacial score (nSPS) is 10.4. The predicted octanol–water partition coefficient (Wildman–Crippen LogP) is 2.00. The Hall–Kier alpha value is -0.770. The van der Waals surface area contributed by atoms with E-state index < -0.39 is 0 Å². The molecule has 0 aliphatic rings. The molecule has 1 aromatic rings. The van der Waals surface area contributed by atoms with Crippen LogP contribution in [0.4, 0.5) is 0 Å². The van der Waals surface area contributed by atoms with E-state index in [1.54, 1.807) is 14.2 Å². The molecule has 4 heteroatoms. The highest BCUT2D eigenvalue weighted by Gasteiger charge is 2.10. The molecule has 0 unspecified atom stereocenters. The number of benzene rings is 1. The molecular weight excluding hydrogens is 214 g/mol. The second-order valence-electron chi connectivity index (χ2n) is 3.23. The van der Waals surface area contributed by atoms with Crippen LogP contribution in [0.2, 0.25) is 5.02 Å². The van der Waals surface area contributed by atoms with Crippen molar-refractivity contribution in [3.8, 4) is 5.75 Å².